The molecule has 0 fully saturated rings. The summed E-state index contributed by atoms with van der Waals surface area (Å²) in [7, 11) is -1.73. The average molecular weight is 342 g/mol. The topological polar surface area (TPSA) is 12.5 Å². The summed E-state index contributed by atoms with van der Waals surface area (Å²) >= 11 is 0. The van der Waals surface area contributed by atoms with Crippen molar-refractivity contribution in [3.63, 3.8) is 0 Å². The van der Waals surface area contributed by atoms with Crippen LogP contribution in [0.15, 0.2) is 60.7 Å². The lowest BCUT2D eigenvalue weighted by Gasteiger charge is -2.29. The molecule has 0 aliphatic heterocycles. The van der Waals surface area contributed by atoms with Gasteiger partial charge < -0.3 is 9.64 Å². The van der Waals surface area contributed by atoms with E-state index in [0.717, 1.165) is 38.9 Å². The molecule has 2 nitrogen and oxygen atoms in total. The molecule has 2 rings (SSSR count). The van der Waals surface area contributed by atoms with Gasteiger partial charge in [0.15, 0.2) is 0 Å². The summed E-state index contributed by atoms with van der Waals surface area (Å²) in [5.74, 6) is 0. The number of likely N-dealkylation sites (N-methyl/N-ethyl adjacent to an activating group) is 1. The van der Waals surface area contributed by atoms with Crippen LogP contribution < -0.4 is 10.4 Å². The predicted octanol–water partition coefficient (Wildman–Crippen LogP) is 3.24. The highest BCUT2D eigenvalue weighted by atomic mass is 28.3. The van der Waals surface area contributed by atoms with Gasteiger partial charge in [-0.05, 0) is 19.1 Å². The Bertz CT molecular complexity index is 529. The first-order valence-electron chi connectivity index (χ1n) is 9.12. The summed E-state index contributed by atoms with van der Waals surface area (Å²) in [6, 6.07) is 23.1. The van der Waals surface area contributed by atoms with Gasteiger partial charge in [0.1, 0.15) is 8.07 Å². The molecule has 0 atom stereocenters. The van der Waals surface area contributed by atoms with Gasteiger partial charge in [-0.1, -0.05) is 91.4 Å². The van der Waals surface area contributed by atoms with Gasteiger partial charge in [-0.2, -0.15) is 0 Å². The van der Waals surface area contributed by atoms with E-state index >= 15 is 0 Å². The minimum Gasteiger partial charge on any atom is -0.380 e. The van der Waals surface area contributed by atoms with Crippen LogP contribution in [0.5, 0.6) is 0 Å². The summed E-state index contributed by atoms with van der Waals surface area (Å²) in [5.41, 5.74) is 0. The van der Waals surface area contributed by atoms with E-state index in [1.165, 1.54) is 10.4 Å². The average Bonchev–Trinajstić information content (AvgIpc) is 2.66. The third kappa shape index (κ3) is 5.03. The minimum atomic E-state index is -1.73. The molecule has 0 saturated heterocycles. The summed E-state index contributed by atoms with van der Waals surface area (Å²) < 4.78 is 6.00. The second-order valence-corrected chi connectivity index (χ2v) is 10.8. The van der Waals surface area contributed by atoms with E-state index in [9.17, 15) is 0 Å². The summed E-state index contributed by atoms with van der Waals surface area (Å²) in [4.78, 5) is 2.41. The first-order chi connectivity index (χ1) is 11.7. The monoisotopic (exact) mass is 341 g/mol. The lowest BCUT2D eigenvalue weighted by atomic mass is 10.4. The van der Waals surface area contributed by atoms with E-state index in [1.54, 1.807) is 0 Å². The van der Waals surface area contributed by atoms with Crippen molar-refractivity contribution < 1.29 is 4.74 Å². The third-order valence-corrected chi connectivity index (χ3v) is 9.43. The van der Waals surface area contributed by atoms with Gasteiger partial charge in [-0.15, -0.1) is 0 Å². The van der Waals surface area contributed by atoms with Crippen LogP contribution in [-0.2, 0) is 4.74 Å². The molecular formula is C21H31NOSi. The zero-order chi connectivity index (χ0) is 17.3. The Hall–Kier alpha value is -1.42. The highest BCUT2D eigenvalue weighted by Gasteiger charge is 2.31. The Morgan fingerprint density at radius 2 is 1.29 bits per heavy atom. The molecule has 0 aromatic heterocycles. The van der Waals surface area contributed by atoms with E-state index in [1.807, 2.05) is 0 Å². The smallest absolute Gasteiger partial charge is 0.117 e. The van der Waals surface area contributed by atoms with Crippen molar-refractivity contribution in [1.29, 1.82) is 0 Å². The molecule has 3 heteroatoms. The lowest BCUT2D eigenvalue weighted by molar-refractivity contribution is 0.117. The maximum absolute atomic E-state index is 6.00. The summed E-state index contributed by atoms with van der Waals surface area (Å²) in [6.45, 7) is 11.8. The van der Waals surface area contributed by atoms with Crippen molar-refractivity contribution in [3.05, 3.63) is 60.7 Å². The zero-order valence-corrected chi connectivity index (χ0v) is 16.4. The number of nitrogens with zero attached hydrogens (tertiary/aromatic N) is 1. The van der Waals surface area contributed by atoms with Crippen LogP contribution in [0, 0.1) is 0 Å². The molecule has 0 radical (unpaired) electrons. The maximum atomic E-state index is 6.00. The Labute approximate surface area is 148 Å². The lowest BCUT2D eigenvalue weighted by Crippen LogP contribution is -2.56. The molecule has 0 N–H and O–H groups in total. The van der Waals surface area contributed by atoms with Gasteiger partial charge in [0.2, 0.25) is 0 Å². The maximum Gasteiger partial charge on any atom is 0.117 e. The Morgan fingerprint density at radius 3 is 1.75 bits per heavy atom. The van der Waals surface area contributed by atoms with Crippen molar-refractivity contribution in [1.82, 2.24) is 4.90 Å². The van der Waals surface area contributed by atoms with Crippen molar-refractivity contribution >= 4 is 18.4 Å². The summed E-state index contributed by atoms with van der Waals surface area (Å²) in [6.07, 6.45) is 0. The fraction of sp³-hybridized carbons (Fsp3) is 0.429. The molecule has 0 heterocycles. The van der Waals surface area contributed by atoms with Gasteiger partial charge in [-0.3, -0.25) is 0 Å². The molecule has 0 spiro atoms. The number of rotatable bonds is 10. The van der Waals surface area contributed by atoms with Crippen molar-refractivity contribution in [2.24, 2.45) is 0 Å². The second kappa shape index (κ2) is 9.77. The van der Waals surface area contributed by atoms with E-state index in [0.29, 0.717) is 0 Å². The van der Waals surface area contributed by atoms with Crippen molar-refractivity contribution in [2.75, 3.05) is 32.8 Å². The third-order valence-electron chi connectivity index (χ3n) is 5.01. The Morgan fingerprint density at radius 1 is 0.792 bits per heavy atom. The van der Waals surface area contributed by atoms with Crippen LogP contribution in [0.3, 0.4) is 0 Å². The molecule has 0 amide bonds. The fourth-order valence-corrected chi connectivity index (χ4v) is 6.50. The van der Waals surface area contributed by atoms with Gasteiger partial charge in [0, 0.05) is 13.2 Å². The largest absolute Gasteiger partial charge is 0.380 e. The highest BCUT2D eigenvalue weighted by molar-refractivity contribution is 7.01. The molecule has 0 aliphatic carbocycles. The van der Waals surface area contributed by atoms with E-state index in [-0.39, 0.29) is 0 Å². The van der Waals surface area contributed by atoms with Gasteiger partial charge in [0.05, 0.1) is 6.61 Å². The van der Waals surface area contributed by atoms with E-state index in [2.05, 4.69) is 86.0 Å². The van der Waals surface area contributed by atoms with E-state index in [4.69, 9.17) is 4.74 Å². The molecule has 2 aromatic carbocycles. The first kappa shape index (κ1) is 18.9. The van der Waals surface area contributed by atoms with Crippen LogP contribution in [0.25, 0.3) is 0 Å². The van der Waals surface area contributed by atoms with Crippen LogP contribution >= 0.6 is 0 Å². The van der Waals surface area contributed by atoms with Gasteiger partial charge in [0.25, 0.3) is 0 Å². The summed E-state index contributed by atoms with van der Waals surface area (Å²) in [5, 5.41) is 2.98. The standard InChI is InChI=1S/C21H31NOSi/c1-4-22(5-2)16-17-23-18-19-24(3,20-12-8-6-9-13-20)21-14-10-7-11-15-21/h6-15H,4-5,16-19H2,1-3H3. The van der Waals surface area contributed by atoms with E-state index < -0.39 is 8.07 Å². The fourth-order valence-electron chi connectivity index (χ4n) is 3.18. The van der Waals surface area contributed by atoms with Crippen molar-refractivity contribution in [3.8, 4) is 0 Å². The van der Waals surface area contributed by atoms with Gasteiger partial charge >= 0.3 is 0 Å². The van der Waals surface area contributed by atoms with Crippen LogP contribution in [0.1, 0.15) is 13.8 Å². The molecule has 0 saturated carbocycles. The number of ether oxygens (including phenoxy) is 1. The quantitative estimate of drug-likeness (QED) is 0.486. The van der Waals surface area contributed by atoms with Crippen LogP contribution in [0.2, 0.25) is 12.6 Å². The van der Waals surface area contributed by atoms with Gasteiger partial charge in [-0.25, -0.2) is 0 Å². The molecule has 130 valence electrons. The molecule has 0 aliphatic rings. The number of hydrogen-bond acceptors (Lipinski definition) is 2. The molecular weight excluding hydrogens is 310 g/mol. The highest BCUT2D eigenvalue weighted by Crippen LogP contribution is 2.11. The SMILES string of the molecule is CCN(CC)CCOCC[Si](C)(c1ccccc1)c1ccccc1. The Balaban J connectivity index is 2.00. The number of hydrogen-bond donors (Lipinski definition) is 0. The zero-order valence-electron chi connectivity index (χ0n) is 15.4. The molecule has 2 aromatic rings. The minimum absolute atomic E-state index is 0.829. The van der Waals surface area contributed by atoms with Crippen LogP contribution in [0.4, 0.5) is 0 Å². The Kier molecular flexibility index (Phi) is 7.70. The second-order valence-electron chi connectivity index (χ2n) is 6.45. The molecule has 0 unspecified atom stereocenters. The predicted molar refractivity (Wildman–Crippen MR) is 107 cm³/mol. The normalized spacial score (nSPS) is 11.8. The molecule has 0 bridgehead atoms. The van der Waals surface area contributed by atoms with Crippen molar-refractivity contribution in [2.45, 2.75) is 26.4 Å². The first-order valence-corrected chi connectivity index (χ1v) is 11.8. The number of benzene rings is 2. The molecule has 24 heavy (non-hydrogen) atoms. The van der Waals surface area contributed by atoms with Crippen LogP contribution in [-0.4, -0.2) is 45.8 Å².